The summed E-state index contributed by atoms with van der Waals surface area (Å²) in [7, 11) is 3.71. The molecule has 1 aliphatic rings. The Hall–Kier alpha value is -5.57. The molecule has 0 aliphatic heterocycles. The first-order valence-corrected chi connectivity index (χ1v) is 15.0. The molecule has 4 heterocycles. The van der Waals surface area contributed by atoms with Gasteiger partial charge in [0.1, 0.15) is 17.6 Å². The summed E-state index contributed by atoms with van der Waals surface area (Å²) in [6.45, 7) is 2.33. The molecule has 1 saturated carbocycles. The maximum Gasteiger partial charge on any atom is 0.323 e. The van der Waals surface area contributed by atoms with E-state index in [2.05, 4.69) is 31.9 Å². The lowest BCUT2D eigenvalue weighted by molar-refractivity contribution is 0.240. The Labute approximate surface area is 261 Å². The van der Waals surface area contributed by atoms with Crippen molar-refractivity contribution in [3.8, 4) is 28.6 Å². The summed E-state index contributed by atoms with van der Waals surface area (Å²) in [4.78, 5) is 29.3. The first-order valence-electron chi connectivity index (χ1n) is 15.0. The predicted octanol–water partition coefficient (Wildman–Crippen LogP) is 4.99. The van der Waals surface area contributed by atoms with Gasteiger partial charge in [-0.2, -0.15) is 15.5 Å². The average molecular weight is 602 g/mol. The monoisotopic (exact) mass is 601 g/mol. The van der Waals surface area contributed by atoms with Gasteiger partial charge < -0.3 is 10.6 Å². The van der Waals surface area contributed by atoms with Gasteiger partial charge >= 0.3 is 6.03 Å². The maximum atomic E-state index is 13.7. The molecule has 0 radical (unpaired) electrons. The number of carbonyl (C=O) groups excluding carboxylic acids is 1. The van der Waals surface area contributed by atoms with Crippen LogP contribution in [0.4, 0.5) is 16.6 Å². The number of rotatable bonds is 8. The van der Waals surface area contributed by atoms with E-state index in [1.165, 1.54) is 0 Å². The lowest BCUT2D eigenvalue weighted by Gasteiger charge is -2.36. The number of benzene rings is 1. The molecule has 1 aromatic carbocycles. The van der Waals surface area contributed by atoms with Gasteiger partial charge in [-0.1, -0.05) is 30.3 Å². The first-order chi connectivity index (χ1) is 21.9. The van der Waals surface area contributed by atoms with Crippen LogP contribution in [-0.4, -0.2) is 52.6 Å². The van der Waals surface area contributed by atoms with Crippen molar-refractivity contribution in [1.82, 2.24) is 39.8 Å². The fraction of sp³-hybridized carbons (Fsp3) is 0.303. The highest BCUT2D eigenvalue weighted by Gasteiger charge is 2.31. The number of amides is 2. The van der Waals surface area contributed by atoms with Gasteiger partial charge in [0.2, 0.25) is 5.95 Å². The molecule has 228 valence electrons. The van der Waals surface area contributed by atoms with Crippen molar-refractivity contribution < 1.29 is 4.79 Å². The third-order valence-electron chi connectivity index (χ3n) is 8.09. The van der Waals surface area contributed by atoms with Crippen LogP contribution in [0.2, 0.25) is 0 Å². The van der Waals surface area contributed by atoms with Gasteiger partial charge in [-0.15, -0.1) is 0 Å². The molecule has 0 atom stereocenters. The number of nitrogens with one attached hydrogen (secondary N) is 2. The second-order valence-corrected chi connectivity index (χ2v) is 11.3. The van der Waals surface area contributed by atoms with E-state index in [1.54, 1.807) is 32.9 Å². The topological polar surface area (TPSA) is 142 Å². The fourth-order valence-electron chi connectivity index (χ4n) is 5.81. The molecule has 12 heteroatoms. The Kier molecular flexibility index (Phi) is 8.50. The van der Waals surface area contributed by atoms with Crippen LogP contribution in [0.25, 0.3) is 22.5 Å². The van der Waals surface area contributed by atoms with E-state index in [9.17, 15) is 10.1 Å². The molecule has 1 fully saturated rings. The first kappa shape index (κ1) is 29.5. The molecule has 1 aliphatic carbocycles. The number of nitrogens with zero attached hydrogens (tertiary/aromatic N) is 9. The largest absolute Gasteiger partial charge is 0.351 e. The number of nitriles is 1. The Morgan fingerprint density at radius 1 is 1.02 bits per heavy atom. The van der Waals surface area contributed by atoms with Gasteiger partial charge in [-0.3, -0.25) is 14.3 Å². The van der Waals surface area contributed by atoms with E-state index in [-0.39, 0.29) is 18.1 Å². The van der Waals surface area contributed by atoms with Crippen LogP contribution in [-0.2, 0) is 20.6 Å². The highest BCUT2D eigenvalue weighted by Crippen LogP contribution is 2.30. The molecule has 5 aromatic rings. The van der Waals surface area contributed by atoms with Gasteiger partial charge in [-0.05, 0) is 56.4 Å². The zero-order valence-corrected chi connectivity index (χ0v) is 25.6. The third kappa shape index (κ3) is 6.67. The molecule has 0 unspecified atom stereocenters. The van der Waals surface area contributed by atoms with Crippen molar-refractivity contribution in [3.63, 3.8) is 0 Å². The smallest absolute Gasteiger partial charge is 0.323 e. The normalized spacial score (nSPS) is 16.1. The van der Waals surface area contributed by atoms with Crippen LogP contribution >= 0.6 is 0 Å². The van der Waals surface area contributed by atoms with Crippen LogP contribution in [0.1, 0.15) is 42.5 Å². The van der Waals surface area contributed by atoms with Crippen molar-refractivity contribution in [2.45, 2.75) is 51.2 Å². The molecule has 4 aromatic heterocycles. The summed E-state index contributed by atoms with van der Waals surface area (Å²) in [6, 6.07) is 17.8. The van der Waals surface area contributed by atoms with E-state index in [4.69, 9.17) is 9.97 Å². The van der Waals surface area contributed by atoms with E-state index >= 15 is 0 Å². The summed E-state index contributed by atoms with van der Waals surface area (Å²) in [6.07, 6.45) is 10.2. The molecule has 0 spiro atoms. The van der Waals surface area contributed by atoms with Crippen LogP contribution in [0, 0.1) is 18.3 Å². The SMILES string of the molecule is Cc1cc(-c2nc(NC3CCC(N(C(=O)NCc4ccccc4)c4ccc(-c5cnn(C)c5)cn4)CC3)ncc2C#N)n(C)n1. The highest BCUT2D eigenvalue weighted by atomic mass is 16.2. The van der Waals surface area contributed by atoms with Crippen molar-refractivity contribution >= 4 is 17.8 Å². The average Bonchev–Trinajstić information content (AvgIpc) is 3.65. The predicted molar refractivity (Wildman–Crippen MR) is 171 cm³/mol. The van der Waals surface area contributed by atoms with Gasteiger partial charge in [-0.25, -0.2) is 19.7 Å². The number of hydrogen-bond acceptors (Lipinski definition) is 8. The highest BCUT2D eigenvalue weighted by molar-refractivity contribution is 5.91. The quantitative estimate of drug-likeness (QED) is 0.253. The number of carbonyl (C=O) groups is 1. The standard InChI is InChI=1S/C33H35N11O/c1-22-15-29(43(3)41-22)31-25(16-34)19-36-32(40-31)39-27-10-12-28(13-11-27)44(33(45)37-17-23-7-5-4-6-8-23)30-14-9-24(18-35-30)26-20-38-42(2)21-26/h4-9,14-15,18-21,27-28H,10-13,17H2,1-3H3,(H,37,45)(H,36,39,40). The Morgan fingerprint density at radius 2 is 1.82 bits per heavy atom. The molecule has 12 nitrogen and oxygen atoms in total. The van der Waals surface area contributed by atoms with Gasteiger partial charge in [0, 0.05) is 56.2 Å². The number of aromatic nitrogens is 7. The summed E-state index contributed by atoms with van der Waals surface area (Å²) in [5.41, 5.74) is 5.49. The molecule has 45 heavy (non-hydrogen) atoms. The van der Waals surface area contributed by atoms with Gasteiger partial charge in [0.25, 0.3) is 0 Å². The number of urea groups is 1. The minimum atomic E-state index is -0.177. The minimum Gasteiger partial charge on any atom is -0.351 e. The molecule has 0 bridgehead atoms. The van der Waals surface area contributed by atoms with Crippen LogP contribution in [0.15, 0.2) is 73.3 Å². The lowest BCUT2D eigenvalue weighted by Crippen LogP contribution is -2.49. The van der Waals surface area contributed by atoms with Crippen molar-refractivity contribution in [1.29, 1.82) is 5.26 Å². The lowest BCUT2D eigenvalue weighted by atomic mass is 9.90. The molecule has 0 saturated heterocycles. The zero-order valence-electron chi connectivity index (χ0n) is 25.6. The van der Waals surface area contributed by atoms with Crippen molar-refractivity contribution in [3.05, 3.63) is 90.1 Å². The van der Waals surface area contributed by atoms with Crippen molar-refractivity contribution in [2.75, 3.05) is 10.2 Å². The fourth-order valence-corrected chi connectivity index (χ4v) is 5.81. The Bertz CT molecular complexity index is 1810. The van der Waals surface area contributed by atoms with Gasteiger partial charge in [0.15, 0.2) is 0 Å². The molecule has 6 rings (SSSR count). The second kappa shape index (κ2) is 13.0. The number of hydrogen-bond donors (Lipinski definition) is 2. The van der Waals surface area contributed by atoms with E-state index in [0.29, 0.717) is 29.6 Å². The number of pyridine rings is 1. The molecular formula is C33H35N11O. The number of anilines is 2. The van der Waals surface area contributed by atoms with Crippen LogP contribution < -0.4 is 15.5 Å². The molecule has 2 N–H and O–H groups in total. The van der Waals surface area contributed by atoms with Crippen LogP contribution in [0.3, 0.4) is 0 Å². The number of aryl methyl sites for hydroxylation is 3. The summed E-state index contributed by atoms with van der Waals surface area (Å²) in [5, 5.41) is 24.9. The summed E-state index contributed by atoms with van der Waals surface area (Å²) >= 11 is 0. The van der Waals surface area contributed by atoms with E-state index < -0.39 is 0 Å². The maximum absolute atomic E-state index is 13.7. The van der Waals surface area contributed by atoms with E-state index in [0.717, 1.165) is 53.8 Å². The van der Waals surface area contributed by atoms with Crippen LogP contribution in [0.5, 0.6) is 0 Å². The minimum absolute atomic E-state index is 0.0366. The van der Waals surface area contributed by atoms with E-state index in [1.807, 2.05) is 75.7 Å². The summed E-state index contributed by atoms with van der Waals surface area (Å²) in [5.74, 6) is 1.08. The Morgan fingerprint density at radius 3 is 2.47 bits per heavy atom. The second-order valence-electron chi connectivity index (χ2n) is 11.3. The summed E-state index contributed by atoms with van der Waals surface area (Å²) < 4.78 is 3.48. The van der Waals surface area contributed by atoms with Crippen molar-refractivity contribution in [2.24, 2.45) is 14.1 Å². The zero-order chi connectivity index (χ0) is 31.3. The third-order valence-corrected chi connectivity index (χ3v) is 8.09. The molecular weight excluding hydrogens is 566 g/mol. The van der Waals surface area contributed by atoms with Gasteiger partial charge in [0.05, 0.1) is 29.3 Å². The Balaban J connectivity index is 1.17. The molecule has 2 amide bonds.